The number of aromatic nitrogens is 1. The lowest BCUT2D eigenvalue weighted by Crippen LogP contribution is -2.29. The second kappa shape index (κ2) is 7.99. The molecule has 1 amide bonds. The van der Waals surface area contributed by atoms with Crippen LogP contribution in [0.15, 0.2) is 70.8 Å². The number of rotatable bonds is 5. The minimum Gasteiger partial charge on any atom is -0.507 e. The van der Waals surface area contributed by atoms with Crippen molar-refractivity contribution < 1.29 is 19.1 Å². The lowest BCUT2D eigenvalue weighted by molar-refractivity contribution is -0.140. The molecule has 1 saturated heterocycles. The first-order chi connectivity index (χ1) is 14.5. The molecule has 0 aliphatic carbocycles. The van der Waals surface area contributed by atoms with E-state index in [0.29, 0.717) is 22.8 Å². The summed E-state index contributed by atoms with van der Waals surface area (Å²) in [6, 6.07) is 15.4. The SMILES string of the molecule is CCc1ccc(/C(O)=C2/C(=O)C(=O)N(Cc3ccccn3)C2c2ccc(C)o2)cc1. The molecule has 152 valence electrons. The average molecular weight is 402 g/mol. The highest BCUT2D eigenvalue weighted by atomic mass is 16.3. The fourth-order valence-corrected chi connectivity index (χ4v) is 3.66. The van der Waals surface area contributed by atoms with Gasteiger partial charge in [0, 0.05) is 11.8 Å². The Kier molecular flexibility index (Phi) is 5.23. The lowest BCUT2D eigenvalue weighted by Gasteiger charge is -2.23. The number of aliphatic hydroxyl groups is 1. The molecule has 0 radical (unpaired) electrons. The predicted molar refractivity (Wildman–Crippen MR) is 111 cm³/mol. The second-order valence-electron chi connectivity index (χ2n) is 7.25. The van der Waals surface area contributed by atoms with Crippen LogP contribution in [0.1, 0.15) is 41.3 Å². The van der Waals surface area contributed by atoms with Gasteiger partial charge in [-0.1, -0.05) is 37.3 Å². The number of hydrogen-bond acceptors (Lipinski definition) is 5. The molecule has 1 aliphatic rings. The van der Waals surface area contributed by atoms with Gasteiger partial charge in [-0.3, -0.25) is 14.6 Å². The summed E-state index contributed by atoms with van der Waals surface area (Å²) in [4.78, 5) is 31.5. The third kappa shape index (κ3) is 3.52. The van der Waals surface area contributed by atoms with Gasteiger partial charge in [0.05, 0.1) is 17.8 Å². The fourth-order valence-electron chi connectivity index (χ4n) is 3.66. The molecule has 1 aliphatic heterocycles. The van der Waals surface area contributed by atoms with E-state index in [-0.39, 0.29) is 17.9 Å². The molecule has 1 fully saturated rings. The number of carbonyl (C=O) groups is 2. The number of aliphatic hydroxyl groups excluding tert-OH is 1. The topological polar surface area (TPSA) is 83.6 Å². The maximum Gasteiger partial charge on any atom is 0.296 e. The number of nitrogens with zero attached hydrogens (tertiary/aromatic N) is 2. The van der Waals surface area contributed by atoms with E-state index in [4.69, 9.17) is 4.42 Å². The molecule has 6 heteroatoms. The maximum atomic E-state index is 13.0. The van der Waals surface area contributed by atoms with Crippen LogP contribution >= 0.6 is 0 Å². The molecule has 1 unspecified atom stereocenters. The average Bonchev–Trinajstić information content (AvgIpc) is 3.30. The molecule has 3 heterocycles. The first kappa shape index (κ1) is 19.6. The number of Topliss-reactive ketones (excluding diaryl/α,β-unsaturated/α-hetero) is 1. The largest absolute Gasteiger partial charge is 0.507 e. The van der Waals surface area contributed by atoms with Crippen LogP contribution in [0.4, 0.5) is 0 Å². The monoisotopic (exact) mass is 402 g/mol. The van der Waals surface area contributed by atoms with Crippen LogP contribution in [0, 0.1) is 6.92 Å². The molecule has 30 heavy (non-hydrogen) atoms. The number of carbonyl (C=O) groups excluding carboxylic acids is 2. The van der Waals surface area contributed by atoms with Crippen LogP contribution in [-0.2, 0) is 22.6 Å². The Bertz CT molecular complexity index is 1110. The number of amides is 1. The van der Waals surface area contributed by atoms with Crippen molar-refractivity contribution >= 4 is 17.4 Å². The Balaban J connectivity index is 1.83. The van der Waals surface area contributed by atoms with Crippen LogP contribution in [-0.4, -0.2) is 26.7 Å². The minimum absolute atomic E-state index is 0.0227. The highest BCUT2D eigenvalue weighted by Crippen LogP contribution is 2.40. The van der Waals surface area contributed by atoms with Crippen molar-refractivity contribution in [1.82, 2.24) is 9.88 Å². The summed E-state index contributed by atoms with van der Waals surface area (Å²) in [5.41, 5.74) is 2.26. The van der Waals surface area contributed by atoms with Gasteiger partial charge in [-0.05, 0) is 43.2 Å². The maximum absolute atomic E-state index is 13.0. The van der Waals surface area contributed by atoms with Gasteiger partial charge < -0.3 is 14.4 Å². The number of furan rings is 1. The van der Waals surface area contributed by atoms with Crippen molar-refractivity contribution in [3.05, 3.63) is 94.7 Å². The summed E-state index contributed by atoms with van der Waals surface area (Å²) in [7, 11) is 0. The van der Waals surface area contributed by atoms with Crippen LogP contribution in [0.5, 0.6) is 0 Å². The summed E-state index contributed by atoms with van der Waals surface area (Å²) >= 11 is 0. The van der Waals surface area contributed by atoms with Crippen molar-refractivity contribution in [1.29, 1.82) is 0 Å². The van der Waals surface area contributed by atoms with Gasteiger partial charge in [0.15, 0.2) is 0 Å². The van der Waals surface area contributed by atoms with Gasteiger partial charge in [0.25, 0.3) is 11.7 Å². The molecule has 4 rings (SSSR count). The van der Waals surface area contributed by atoms with E-state index in [9.17, 15) is 14.7 Å². The third-order valence-electron chi connectivity index (χ3n) is 5.26. The Morgan fingerprint density at radius 1 is 1.10 bits per heavy atom. The first-order valence-corrected chi connectivity index (χ1v) is 9.83. The van der Waals surface area contributed by atoms with E-state index in [1.165, 1.54) is 4.90 Å². The van der Waals surface area contributed by atoms with E-state index < -0.39 is 17.7 Å². The minimum atomic E-state index is -0.827. The quantitative estimate of drug-likeness (QED) is 0.393. The standard InChI is InChI=1S/C24H22N2O4/c1-3-16-8-10-17(11-9-16)22(27)20-21(19-12-7-15(2)30-19)26(24(29)23(20)28)14-18-6-4-5-13-25-18/h4-13,21,27H,3,14H2,1-2H3/b22-20-. The summed E-state index contributed by atoms with van der Waals surface area (Å²) in [5.74, 6) is -0.554. The summed E-state index contributed by atoms with van der Waals surface area (Å²) in [6.45, 7) is 3.95. The molecule has 2 aromatic heterocycles. The van der Waals surface area contributed by atoms with Crippen molar-refractivity contribution in [3.8, 4) is 0 Å². The fraction of sp³-hybridized carbons (Fsp3) is 0.208. The molecule has 0 spiro atoms. The van der Waals surface area contributed by atoms with Crippen LogP contribution in [0.3, 0.4) is 0 Å². The Morgan fingerprint density at radius 3 is 2.47 bits per heavy atom. The van der Waals surface area contributed by atoms with Crippen molar-refractivity contribution in [2.24, 2.45) is 0 Å². The molecule has 3 aromatic rings. The second-order valence-corrected chi connectivity index (χ2v) is 7.25. The molecule has 1 atom stereocenters. The lowest BCUT2D eigenvalue weighted by atomic mass is 9.98. The first-order valence-electron chi connectivity index (χ1n) is 9.83. The zero-order chi connectivity index (χ0) is 21.3. The Hall–Kier alpha value is -3.67. The predicted octanol–water partition coefficient (Wildman–Crippen LogP) is 4.17. The Morgan fingerprint density at radius 2 is 1.87 bits per heavy atom. The highest BCUT2D eigenvalue weighted by molar-refractivity contribution is 6.46. The number of pyridine rings is 1. The smallest absolute Gasteiger partial charge is 0.296 e. The molecule has 6 nitrogen and oxygen atoms in total. The number of aryl methyl sites for hydroxylation is 2. The highest BCUT2D eigenvalue weighted by Gasteiger charge is 2.47. The van der Waals surface area contributed by atoms with E-state index in [0.717, 1.165) is 12.0 Å². The third-order valence-corrected chi connectivity index (χ3v) is 5.26. The van der Waals surface area contributed by atoms with E-state index in [1.807, 2.05) is 25.1 Å². The van der Waals surface area contributed by atoms with Crippen molar-refractivity contribution in [3.63, 3.8) is 0 Å². The van der Waals surface area contributed by atoms with Crippen LogP contribution < -0.4 is 0 Å². The normalized spacial score (nSPS) is 18.2. The number of ketones is 1. The van der Waals surface area contributed by atoms with Gasteiger partial charge in [0.1, 0.15) is 23.3 Å². The molecular weight excluding hydrogens is 380 g/mol. The molecular formula is C24H22N2O4. The Labute approximate surface area is 174 Å². The van der Waals surface area contributed by atoms with E-state index >= 15 is 0 Å². The summed E-state index contributed by atoms with van der Waals surface area (Å²) < 4.78 is 5.77. The van der Waals surface area contributed by atoms with E-state index in [2.05, 4.69) is 4.98 Å². The number of likely N-dealkylation sites (tertiary alicyclic amines) is 1. The zero-order valence-electron chi connectivity index (χ0n) is 16.8. The van der Waals surface area contributed by atoms with Crippen molar-refractivity contribution in [2.75, 3.05) is 0 Å². The molecule has 1 N–H and O–H groups in total. The summed E-state index contributed by atoms with van der Waals surface area (Å²) in [5, 5.41) is 11.0. The number of benzene rings is 1. The molecule has 0 bridgehead atoms. The van der Waals surface area contributed by atoms with Crippen molar-refractivity contribution in [2.45, 2.75) is 32.9 Å². The van der Waals surface area contributed by atoms with Crippen LogP contribution in [0.2, 0.25) is 0 Å². The van der Waals surface area contributed by atoms with Gasteiger partial charge in [-0.15, -0.1) is 0 Å². The van der Waals surface area contributed by atoms with Gasteiger partial charge >= 0.3 is 0 Å². The number of hydrogen-bond donors (Lipinski definition) is 1. The van der Waals surface area contributed by atoms with Gasteiger partial charge in [-0.2, -0.15) is 0 Å². The summed E-state index contributed by atoms with van der Waals surface area (Å²) in [6.07, 6.45) is 2.49. The van der Waals surface area contributed by atoms with Gasteiger partial charge in [0.2, 0.25) is 0 Å². The van der Waals surface area contributed by atoms with Gasteiger partial charge in [-0.25, -0.2) is 0 Å². The van der Waals surface area contributed by atoms with E-state index in [1.54, 1.807) is 49.5 Å². The molecule has 1 aromatic carbocycles. The molecule has 0 saturated carbocycles. The zero-order valence-corrected chi connectivity index (χ0v) is 16.8. The van der Waals surface area contributed by atoms with Crippen LogP contribution in [0.25, 0.3) is 5.76 Å².